The molecule has 0 amide bonds. The van der Waals surface area contributed by atoms with E-state index in [0.29, 0.717) is 6.04 Å². The highest BCUT2D eigenvalue weighted by Crippen LogP contribution is 2.25. The number of ether oxygens (including phenoxy) is 1. The maximum atomic E-state index is 10.8. The van der Waals surface area contributed by atoms with Crippen molar-refractivity contribution in [2.24, 2.45) is 0 Å². The fourth-order valence-corrected chi connectivity index (χ4v) is 2.13. The minimum Gasteiger partial charge on any atom is -0.480 e. The van der Waals surface area contributed by atoms with Crippen LogP contribution in [0.15, 0.2) is 0 Å². The second-order valence-electron chi connectivity index (χ2n) is 3.72. The van der Waals surface area contributed by atoms with Gasteiger partial charge in [0.15, 0.2) is 0 Å². The molecule has 0 saturated carbocycles. The number of likely N-dealkylation sites (tertiary alicyclic amines) is 1. The van der Waals surface area contributed by atoms with E-state index in [0.717, 1.165) is 39.0 Å². The third-order valence-electron chi connectivity index (χ3n) is 3.01. The fourth-order valence-electron chi connectivity index (χ4n) is 2.13. The summed E-state index contributed by atoms with van der Waals surface area (Å²) < 4.78 is 5.24. The molecule has 0 aliphatic carbocycles. The number of carbonyl (C=O) groups is 1. The Balaban J connectivity index is 1.89. The quantitative estimate of drug-likeness (QED) is 0.673. The van der Waals surface area contributed by atoms with Gasteiger partial charge in [-0.3, -0.25) is 9.69 Å². The Morgan fingerprint density at radius 2 is 2.00 bits per heavy atom. The molecule has 2 heterocycles. The lowest BCUT2D eigenvalue weighted by atomic mass is 9.96. The largest absolute Gasteiger partial charge is 0.480 e. The fraction of sp³-hybridized carbons (Fsp3) is 0.889. The molecule has 0 aromatic heterocycles. The third-order valence-corrected chi connectivity index (χ3v) is 3.01. The monoisotopic (exact) mass is 185 g/mol. The van der Waals surface area contributed by atoms with E-state index < -0.39 is 5.97 Å². The Bertz CT molecular complexity index is 201. The first-order chi connectivity index (χ1) is 6.29. The van der Waals surface area contributed by atoms with Crippen LogP contribution in [0, 0.1) is 0 Å². The average molecular weight is 185 g/mol. The molecule has 13 heavy (non-hydrogen) atoms. The molecule has 0 unspecified atom stereocenters. The van der Waals surface area contributed by atoms with Crippen molar-refractivity contribution in [2.75, 3.05) is 19.8 Å². The van der Waals surface area contributed by atoms with Gasteiger partial charge in [-0.25, -0.2) is 0 Å². The number of hydrogen-bond acceptors (Lipinski definition) is 3. The molecular weight excluding hydrogens is 170 g/mol. The van der Waals surface area contributed by atoms with Crippen molar-refractivity contribution in [3.05, 3.63) is 0 Å². The van der Waals surface area contributed by atoms with Crippen molar-refractivity contribution in [2.45, 2.75) is 31.3 Å². The summed E-state index contributed by atoms with van der Waals surface area (Å²) in [5.74, 6) is -0.669. The van der Waals surface area contributed by atoms with Crippen LogP contribution in [-0.4, -0.2) is 47.8 Å². The molecule has 0 aromatic rings. The molecule has 2 saturated heterocycles. The third kappa shape index (κ3) is 1.69. The molecule has 74 valence electrons. The number of carboxylic acid groups (broad SMARTS) is 1. The number of nitrogens with zero attached hydrogens (tertiary/aromatic N) is 1. The molecule has 0 radical (unpaired) electrons. The Hall–Kier alpha value is -0.610. The van der Waals surface area contributed by atoms with Gasteiger partial charge in [-0.2, -0.15) is 0 Å². The van der Waals surface area contributed by atoms with E-state index in [1.807, 2.05) is 0 Å². The van der Waals surface area contributed by atoms with Crippen molar-refractivity contribution in [1.29, 1.82) is 0 Å². The van der Waals surface area contributed by atoms with E-state index in [9.17, 15) is 4.79 Å². The number of rotatable bonds is 2. The number of carboxylic acids is 1. The van der Waals surface area contributed by atoms with Gasteiger partial charge in [0.05, 0.1) is 0 Å². The van der Waals surface area contributed by atoms with Crippen LogP contribution in [0.2, 0.25) is 0 Å². The van der Waals surface area contributed by atoms with E-state index in [1.165, 1.54) is 0 Å². The average Bonchev–Trinajstić information content (AvgIpc) is 2.02. The van der Waals surface area contributed by atoms with E-state index in [-0.39, 0.29) is 6.04 Å². The van der Waals surface area contributed by atoms with E-state index in [2.05, 4.69) is 4.90 Å². The van der Waals surface area contributed by atoms with Crippen molar-refractivity contribution in [1.82, 2.24) is 4.90 Å². The first-order valence-corrected chi connectivity index (χ1v) is 4.85. The van der Waals surface area contributed by atoms with Gasteiger partial charge in [-0.15, -0.1) is 0 Å². The summed E-state index contributed by atoms with van der Waals surface area (Å²) in [6, 6.07) is 0.228. The Labute approximate surface area is 77.5 Å². The van der Waals surface area contributed by atoms with Crippen LogP contribution in [0.4, 0.5) is 0 Å². The van der Waals surface area contributed by atoms with E-state index >= 15 is 0 Å². The highest BCUT2D eigenvalue weighted by Gasteiger charge is 2.38. The normalized spacial score (nSPS) is 31.2. The molecule has 2 aliphatic heterocycles. The van der Waals surface area contributed by atoms with E-state index in [1.54, 1.807) is 0 Å². The highest BCUT2D eigenvalue weighted by atomic mass is 16.5. The lowest BCUT2D eigenvalue weighted by molar-refractivity contribution is -0.151. The van der Waals surface area contributed by atoms with Crippen LogP contribution >= 0.6 is 0 Å². The van der Waals surface area contributed by atoms with Crippen LogP contribution in [0.1, 0.15) is 19.3 Å². The summed E-state index contributed by atoms with van der Waals surface area (Å²) in [7, 11) is 0. The van der Waals surface area contributed by atoms with Crippen LogP contribution in [0.3, 0.4) is 0 Å². The van der Waals surface area contributed by atoms with Gasteiger partial charge in [0.1, 0.15) is 6.04 Å². The molecule has 1 atom stereocenters. The van der Waals surface area contributed by atoms with E-state index in [4.69, 9.17) is 9.84 Å². The van der Waals surface area contributed by atoms with Crippen molar-refractivity contribution in [3.63, 3.8) is 0 Å². The summed E-state index contributed by atoms with van der Waals surface area (Å²) >= 11 is 0. The van der Waals surface area contributed by atoms with Crippen molar-refractivity contribution in [3.8, 4) is 0 Å². The maximum Gasteiger partial charge on any atom is 0.320 e. The van der Waals surface area contributed by atoms with Gasteiger partial charge in [-0.05, 0) is 19.3 Å². The van der Waals surface area contributed by atoms with Crippen LogP contribution < -0.4 is 0 Å². The minimum absolute atomic E-state index is 0.219. The van der Waals surface area contributed by atoms with Crippen LogP contribution in [0.5, 0.6) is 0 Å². The molecule has 2 aliphatic rings. The topological polar surface area (TPSA) is 49.8 Å². The predicted octanol–water partition coefficient (Wildman–Crippen LogP) is 0.324. The zero-order valence-electron chi connectivity index (χ0n) is 7.61. The SMILES string of the molecule is O=C(O)[C@@H]1CCN1C1CCOCC1. The van der Waals surface area contributed by atoms with Gasteiger partial charge >= 0.3 is 5.97 Å². The lowest BCUT2D eigenvalue weighted by Gasteiger charge is -2.45. The molecule has 1 N–H and O–H groups in total. The second kappa shape index (κ2) is 3.64. The van der Waals surface area contributed by atoms with Crippen molar-refractivity contribution < 1.29 is 14.6 Å². The zero-order chi connectivity index (χ0) is 9.26. The first-order valence-electron chi connectivity index (χ1n) is 4.85. The molecular formula is C9H15NO3. The molecule has 4 heteroatoms. The summed E-state index contributed by atoms with van der Waals surface area (Å²) in [4.78, 5) is 12.9. The van der Waals surface area contributed by atoms with Crippen LogP contribution in [-0.2, 0) is 9.53 Å². The first kappa shape index (κ1) is 8.97. The smallest absolute Gasteiger partial charge is 0.320 e. The Kier molecular flexibility index (Phi) is 2.51. The molecule has 2 fully saturated rings. The maximum absolute atomic E-state index is 10.8. The summed E-state index contributed by atoms with van der Waals surface area (Å²) in [5.41, 5.74) is 0. The standard InChI is InChI=1S/C9H15NO3/c11-9(12)8-1-4-10(8)7-2-5-13-6-3-7/h7-8H,1-6H2,(H,11,12)/t8-/m0/s1. The number of aliphatic carboxylic acids is 1. The Morgan fingerprint density at radius 3 is 2.46 bits per heavy atom. The van der Waals surface area contributed by atoms with Gasteiger partial charge in [0, 0.05) is 25.8 Å². The summed E-state index contributed by atoms with van der Waals surface area (Å²) in [6.07, 6.45) is 2.79. The number of hydrogen-bond donors (Lipinski definition) is 1. The lowest BCUT2D eigenvalue weighted by Crippen LogP contribution is -2.58. The molecule has 0 spiro atoms. The molecule has 4 nitrogen and oxygen atoms in total. The highest BCUT2D eigenvalue weighted by molar-refractivity contribution is 5.74. The predicted molar refractivity (Wildman–Crippen MR) is 46.6 cm³/mol. The molecule has 2 rings (SSSR count). The van der Waals surface area contributed by atoms with Gasteiger partial charge in [0.25, 0.3) is 0 Å². The van der Waals surface area contributed by atoms with Crippen LogP contribution in [0.25, 0.3) is 0 Å². The summed E-state index contributed by atoms with van der Waals surface area (Å²) in [6.45, 7) is 2.52. The second-order valence-corrected chi connectivity index (χ2v) is 3.72. The molecule has 0 aromatic carbocycles. The zero-order valence-corrected chi connectivity index (χ0v) is 7.61. The van der Waals surface area contributed by atoms with Gasteiger partial charge in [-0.1, -0.05) is 0 Å². The van der Waals surface area contributed by atoms with Gasteiger partial charge in [0.2, 0.25) is 0 Å². The minimum atomic E-state index is -0.669. The van der Waals surface area contributed by atoms with Crippen molar-refractivity contribution >= 4 is 5.97 Å². The molecule has 0 bridgehead atoms. The Morgan fingerprint density at radius 1 is 1.31 bits per heavy atom. The van der Waals surface area contributed by atoms with Gasteiger partial charge < -0.3 is 9.84 Å². The summed E-state index contributed by atoms with van der Waals surface area (Å²) in [5, 5.41) is 8.86.